The van der Waals surface area contributed by atoms with E-state index in [1.54, 1.807) is 6.07 Å². The molecule has 24 heavy (non-hydrogen) atoms. The number of para-hydroxylation sites is 2. The molecular weight excluding hydrogens is 322 g/mol. The number of amides is 1. The van der Waals surface area contributed by atoms with Gasteiger partial charge in [-0.2, -0.15) is 0 Å². The lowest BCUT2D eigenvalue weighted by atomic mass is 10.2. The Labute approximate surface area is 144 Å². The van der Waals surface area contributed by atoms with Crippen molar-refractivity contribution in [1.82, 2.24) is 14.9 Å². The maximum atomic E-state index is 12.3. The molecule has 4 rings (SSSR count). The summed E-state index contributed by atoms with van der Waals surface area (Å²) in [5, 5.41) is 5.70. The molecule has 5 heteroatoms. The van der Waals surface area contributed by atoms with Gasteiger partial charge in [0.1, 0.15) is 5.69 Å². The van der Waals surface area contributed by atoms with Crippen LogP contribution in [0.3, 0.4) is 0 Å². The number of nitrogens with zero attached hydrogens (tertiary/aromatic N) is 1. The van der Waals surface area contributed by atoms with E-state index in [4.69, 9.17) is 11.6 Å². The molecule has 0 spiro atoms. The van der Waals surface area contributed by atoms with E-state index < -0.39 is 0 Å². The maximum Gasteiger partial charge on any atom is 0.267 e. The summed E-state index contributed by atoms with van der Waals surface area (Å²) >= 11 is 6.14. The van der Waals surface area contributed by atoms with Crippen molar-refractivity contribution in [2.24, 2.45) is 0 Å². The van der Waals surface area contributed by atoms with Gasteiger partial charge in [0.2, 0.25) is 0 Å². The first-order valence-electron chi connectivity index (χ1n) is 7.82. The fraction of sp³-hybridized carbons (Fsp3) is 0.105. The molecule has 0 aliphatic rings. The molecule has 0 fully saturated rings. The van der Waals surface area contributed by atoms with Crippen LogP contribution >= 0.6 is 11.6 Å². The number of carbonyl (C=O) groups excluding carboxylic acids is 1. The Bertz CT molecular complexity index is 1030. The van der Waals surface area contributed by atoms with Crippen molar-refractivity contribution in [3.05, 3.63) is 71.5 Å². The Morgan fingerprint density at radius 2 is 1.92 bits per heavy atom. The van der Waals surface area contributed by atoms with E-state index in [1.807, 2.05) is 36.5 Å². The van der Waals surface area contributed by atoms with E-state index in [0.29, 0.717) is 17.3 Å². The minimum atomic E-state index is -0.126. The van der Waals surface area contributed by atoms with E-state index in [0.717, 1.165) is 17.4 Å². The Morgan fingerprint density at radius 3 is 2.79 bits per heavy atom. The highest BCUT2D eigenvalue weighted by Gasteiger charge is 2.10. The molecule has 0 bridgehead atoms. The van der Waals surface area contributed by atoms with Crippen molar-refractivity contribution in [2.75, 3.05) is 6.54 Å². The van der Waals surface area contributed by atoms with Crippen LogP contribution in [0.4, 0.5) is 0 Å². The van der Waals surface area contributed by atoms with Crippen LogP contribution < -0.4 is 5.32 Å². The maximum absolute atomic E-state index is 12.3. The minimum Gasteiger partial charge on any atom is -0.349 e. The van der Waals surface area contributed by atoms with Crippen molar-refractivity contribution in [3.8, 4) is 0 Å². The first-order chi connectivity index (χ1) is 11.7. The largest absolute Gasteiger partial charge is 0.349 e. The summed E-state index contributed by atoms with van der Waals surface area (Å²) < 4.78 is 2.14. The average Bonchev–Trinajstić information content (AvgIpc) is 3.20. The Balaban J connectivity index is 1.45. The van der Waals surface area contributed by atoms with Gasteiger partial charge < -0.3 is 14.9 Å². The van der Waals surface area contributed by atoms with E-state index in [2.05, 4.69) is 33.1 Å². The second-order valence-corrected chi connectivity index (χ2v) is 6.12. The van der Waals surface area contributed by atoms with Gasteiger partial charge >= 0.3 is 0 Å². The summed E-state index contributed by atoms with van der Waals surface area (Å²) in [5.74, 6) is -0.126. The lowest BCUT2D eigenvalue weighted by Gasteiger charge is -2.07. The molecule has 4 nitrogen and oxygen atoms in total. The highest BCUT2D eigenvalue weighted by molar-refractivity contribution is 6.35. The number of hydrogen-bond acceptors (Lipinski definition) is 1. The van der Waals surface area contributed by atoms with Crippen molar-refractivity contribution >= 4 is 39.3 Å². The predicted molar refractivity (Wildman–Crippen MR) is 97.6 cm³/mol. The van der Waals surface area contributed by atoms with Crippen molar-refractivity contribution in [3.63, 3.8) is 0 Å². The van der Waals surface area contributed by atoms with Crippen LogP contribution in [-0.2, 0) is 6.54 Å². The molecule has 0 atom stereocenters. The monoisotopic (exact) mass is 337 g/mol. The molecule has 2 aromatic carbocycles. The second-order valence-electron chi connectivity index (χ2n) is 5.71. The Hall–Kier alpha value is -2.72. The molecule has 1 amide bonds. The second kappa shape index (κ2) is 6.06. The van der Waals surface area contributed by atoms with Crippen LogP contribution in [0.1, 0.15) is 10.5 Å². The molecule has 2 N–H and O–H groups in total. The van der Waals surface area contributed by atoms with E-state index in [-0.39, 0.29) is 5.91 Å². The van der Waals surface area contributed by atoms with Gasteiger partial charge in [-0.3, -0.25) is 4.79 Å². The third-order valence-corrected chi connectivity index (χ3v) is 4.48. The Kier molecular flexibility index (Phi) is 3.75. The first kappa shape index (κ1) is 14.8. The minimum absolute atomic E-state index is 0.126. The third kappa shape index (κ3) is 2.65. The first-order valence-corrected chi connectivity index (χ1v) is 8.19. The molecule has 0 radical (unpaired) electrons. The van der Waals surface area contributed by atoms with E-state index >= 15 is 0 Å². The number of rotatable bonds is 4. The summed E-state index contributed by atoms with van der Waals surface area (Å²) in [6, 6.07) is 17.7. The van der Waals surface area contributed by atoms with Crippen LogP contribution in [-0.4, -0.2) is 22.0 Å². The summed E-state index contributed by atoms with van der Waals surface area (Å²) in [4.78, 5) is 15.4. The SMILES string of the molecule is O=C(NCCn1ccc2ccccc21)c1cc2cccc(Cl)c2[nH]1. The number of aromatic nitrogens is 2. The number of halogens is 1. The number of hydrogen-bond donors (Lipinski definition) is 2. The number of H-pyrrole nitrogens is 1. The molecule has 0 unspecified atom stereocenters. The lowest BCUT2D eigenvalue weighted by Crippen LogP contribution is -2.27. The summed E-state index contributed by atoms with van der Waals surface area (Å²) in [5.41, 5.74) is 2.49. The van der Waals surface area contributed by atoms with Crippen molar-refractivity contribution in [1.29, 1.82) is 0 Å². The zero-order chi connectivity index (χ0) is 16.5. The normalized spacial score (nSPS) is 11.2. The molecule has 0 aliphatic heterocycles. The third-order valence-electron chi connectivity index (χ3n) is 4.17. The zero-order valence-electron chi connectivity index (χ0n) is 12.9. The van der Waals surface area contributed by atoms with Crippen LogP contribution in [0.5, 0.6) is 0 Å². The number of carbonyl (C=O) groups is 1. The van der Waals surface area contributed by atoms with Crippen LogP contribution in [0, 0.1) is 0 Å². The summed E-state index contributed by atoms with van der Waals surface area (Å²) in [7, 11) is 0. The number of aromatic amines is 1. The molecule has 4 aromatic rings. The van der Waals surface area contributed by atoms with Gasteiger partial charge in [-0.15, -0.1) is 0 Å². The number of nitrogens with one attached hydrogen (secondary N) is 2. The molecule has 0 saturated heterocycles. The van der Waals surface area contributed by atoms with E-state index in [1.165, 1.54) is 10.9 Å². The van der Waals surface area contributed by atoms with Gasteiger partial charge in [-0.1, -0.05) is 41.9 Å². The van der Waals surface area contributed by atoms with Crippen LogP contribution in [0.25, 0.3) is 21.8 Å². The lowest BCUT2D eigenvalue weighted by molar-refractivity contribution is 0.0948. The predicted octanol–water partition coefficient (Wildman–Crippen LogP) is 4.21. The molecule has 120 valence electrons. The van der Waals surface area contributed by atoms with Gasteiger partial charge in [0.15, 0.2) is 0 Å². The van der Waals surface area contributed by atoms with Gasteiger partial charge in [0.05, 0.1) is 10.5 Å². The fourth-order valence-electron chi connectivity index (χ4n) is 2.96. The molecule has 0 aliphatic carbocycles. The van der Waals surface area contributed by atoms with E-state index in [9.17, 15) is 4.79 Å². The highest BCUT2D eigenvalue weighted by Crippen LogP contribution is 2.23. The molecule has 2 heterocycles. The van der Waals surface area contributed by atoms with Gasteiger partial charge in [-0.25, -0.2) is 0 Å². The zero-order valence-corrected chi connectivity index (χ0v) is 13.7. The molecule has 2 aromatic heterocycles. The van der Waals surface area contributed by atoms with Gasteiger partial charge in [-0.05, 0) is 29.7 Å². The quantitative estimate of drug-likeness (QED) is 0.576. The molecule has 0 saturated carbocycles. The Morgan fingerprint density at radius 1 is 1.08 bits per heavy atom. The standard InChI is InChI=1S/C19H16ClN3O/c20-15-6-3-5-14-12-16(22-18(14)15)19(24)21-9-11-23-10-8-13-4-1-2-7-17(13)23/h1-8,10,12,22H,9,11H2,(H,21,24). The van der Waals surface area contributed by atoms with Crippen LogP contribution in [0.2, 0.25) is 5.02 Å². The highest BCUT2D eigenvalue weighted by atomic mass is 35.5. The smallest absolute Gasteiger partial charge is 0.267 e. The average molecular weight is 338 g/mol. The summed E-state index contributed by atoms with van der Waals surface area (Å²) in [6.07, 6.45) is 2.04. The topological polar surface area (TPSA) is 49.8 Å². The van der Waals surface area contributed by atoms with Gasteiger partial charge in [0, 0.05) is 30.2 Å². The van der Waals surface area contributed by atoms with Crippen LogP contribution in [0.15, 0.2) is 60.8 Å². The van der Waals surface area contributed by atoms with Crippen molar-refractivity contribution in [2.45, 2.75) is 6.54 Å². The fourth-order valence-corrected chi connectivity index (χ4v) is 3.19. The number of fused-ring (bicyclic) bond motifs is 2. The molecular formula is C19H16ClN3O. The van der Waals surface area contributed by atoms with Gasteiger partial charge in [0.25, 0.3) is 5.91 Å². The van der Waals surface area contributed by atoms with Crippen molar-refractivity contribution < 1.29 is 4.79 Å². The number of benzene rings is 2. The summed E-state index contributed by atoms with van der Waals surface area (Å²) in [6.45, 7) is 1.28.